The fourth-order valence-electron chi connectivity index (χ4n) is 2.85. The molecule has 94 valence electrons. The molecule has 1 aliphatic heterocycles. The lowest BCUT2D eigenvalue weighted by Crippen LogP contribution is -2.32. The first-order valence-corrected chi connectivity index (χ1v) is 6.64. The summed E-state index contributed by atoms with van der Waals surface area (Å²) in [6, 6.07) is 7.00. The fourth-order valence-corrected chi connectivity index (χ4v) is 2.85. The normalized spacial score (nSPS) is 21.1. The number of benzene rings is 1. The molecule has 0 aromatic heterocycles. The second kappa shape index (κ2) is 5.63. The van der Waals surface area contributed by atoms with Crippen LogP contribution in [0.25, 0.3) is 0 Å². The van der Waals surface area contributed by atoms with Gasteiger partial charge in [-0.3, -0.25) is 0 Å². The molecule has 1 aliphatic rings. The van der Waals surface area contributed by atoms with Crippen LogP contribution in [-0.4, -0.2) is 13.1 Å². The largest absolute Gasteiger partial charge is 0.317 e. The van der Waals surface area contributed by atoms with Crippen molar-refractivity contribution in [2.45, 2.75) is 32.6 Å². The molecule has 0 aliphatic carbocycles. The zero-order valence-corrected chi connectivity index (χ0v) is 10.7. The maximum atomic E-state index is 12.9. The van der Waals surface area contributed by atoms with Crippen molar-refractivity contribution in [2.75, 3.05) is 13.1 Å². The van der Waals surface area contributed by atoms with Gasteiger partial charge in [-0.25, -0.2) is 4.39 Å². The van der Waals surface area contributed by atoms with E-state index in [2.05, 4.69) is 19.2 Å². The molecule has 1 heterocycles. The van der Waals surface area contributed by atoms with Crippen LogP contribution in [0.4, 0.5) is 4.39 Å². The molecular weight excluding hydrogens is 213 g/mol. The number of nitrogens with one attached hydrogen (secondary N) is 1. The van der Waals surface area contributed by atoms with E-state index in [0.717, 1.165) is 19.0 Å². The van der Waals surface area contributed by atoms with Gasteiger partial charge < -0.3 is 5.32 Å². The monoisotopic (exact) mass is 235 g/mol. The molecule has 1 saturated heterocycles. The molecule has 0 bridgehead atoms. The zero-order valence-electron chi connectivity index (χ0n) is 10.7. The maximum Gasteiger partial charge on any atom is 0.123 e. The molecule has 1 nitrogen and oxygen atoms in total. The predicted octanol–water partition coefficient (Wildman–Crippen LogP) is 3.56. The van der Waals surface area contributed by atoms with Gasteiger partial charge in [0.25, 0.3) is 0 Å². The third kappa shape index (κ3) is 3.06. The molecule has 0 spiro atoms. The summed E-state index contributed by atoms with van der Waals surface area (Å²) in [6.45, 7) is 6.89. The summed E-state index contributed by atoms with van der Waals surface area (Å²) in [6.07, 6.45) is 2.54. The van der Waals surface area contributed by atoms with E-state index < -0.39 is 0 Å². The van der Waals surface area contributed by atoms with E-state index in [0.29, 0.717) is 11.8 Å². The highest BCUT2D eigenvalue weighted by Crippen LogP contribution is 2.33. The second-order valence-electron chi connectivity index (χ2n) is 5.29. The summed E-state index contributed by atoms with van der Waals surface area (Å²) < 4.78 is 12.9. The minimum Gasteiger partial charge on any atom is -0.317 e. The summed E-state index contributed by atoms with van der Waals surface area (Å²) in [5.41, 5.74) is 1.26. The minimum absolute atomic E-state index is 0.143. The summed E-state index contributed by atoms with van der Waals surface area (Å²) in [5.74, 6) is 1.84. The van der Waals surface area contributed by atoms with Gasteiger partial charge in [0, 0.05) is 0 Å². The van der Waals surface area contributed by atoms with Gasteiger partial charge in [-0.1, -0.05) is 26.0 Å². The Morgan fingerprint density at radius 2 is 1.71 bits per heavy atom. The fraction of sp³-hybridized carbons (Fsp3) is 0.600. The molecule has 1 fully saturated rings. The Balaban J connectivity index is 2.02. The van der Waals surface area contributed by atoms with Gasteiger partial charge in [0.1, 0.15) is 5.82 Å². The van der Waals surface area contributed by atoms with Crippen LogP contribution < -0.4 is 5.32 Å². The first-order chi connectivity index (χ1) is 8.18. The number of piperidine rings is 1. The maximum absolute atomic E-state index is 12.9. The Morgan fingerprint density at radius 3 is 2.29 bits per heavy atom. The molecule has 1 aromatic rings. The van der Waals surface area contributed by atoms with E-state index in [-0.39, 0.29) is 5.82 Å². The molecule has 17 heavy (non-hydrogen) atoms. The van der Waals surface area contributed by atoms with Gasteiger partial charge in [0.15, 0.2) is 0 Å². The quantitative estimate of drug-likeness (QED) is 0.844. The molecule has 1 aromatic carbocycles. The van der Waals surface area contributed by atoms with Crippen molar-refractivity contribution in [1.82, 2.24) is 5.32 Å². The van der Waals surface area contributed by atoms with Crippen molar-refractivity contribution in [1.29, 1.82) is 0 Å². The lowest BCUT2D eigenvalue weighted by Gasteiger charge is -2.32. The van der Waals surface area contributed by atoms with Crippen LogP contribution in [0, 0.1) is 17.7 Å². The average molecular weight is 235 g/mol. The zero-order chi connectivity index (χ0) is 12.3. The highest BCUT2D eigenvalue weighted by atomic mass is 19.1. The molecule has 1 N–H and O–H groups in total. The van der Waals surface area contributed by atoms with E-state index in [4.69, 9.17) is 0 Å². The number of halogens is 1. The molecule has 0 radical (unpaired) electrons. The van der Waals surface area contributed by atoms with E-state index in [1.165, 1.54) is 18.4 Å². The van der Waals surface area contributed by atoms with Gasteiger partial charge in [0.2, 0.25) is 0 Å². The lowest BCUT2D eigenvalue weighted by molar-refractivity contribution is 0.248. The van der Waals surface area contributed by atoms with Gasteiger partial charge in [-0.15, -0.1) is 0 Å². The number of rotatable bonds is 3. The lowest BCUT2D eigenvalue weighted by atomic mass is 9.76. The number of hydrogen-bond acceptors (Lipinski definition) is 1. The molecule has 2 unspecified atom stereocenters. The van der Waals surface area contributed by atoms with Crippen molar-refractivity contribution >= 4 is 0 Å². The van der Waals surface area contributed by atoms with Gasteiger partial charge in [-0.05, 0) is 61.4 Å². The highest BCUT2D eigenvalue weighted by molar-refractivity contribution is 5.20. The Labute approximate surface area is 103 Å². The summed E-state index contributed by atoms with van der Waals surface area (Å²) >= 11 is 0. The van der Waals surface area contributed by atoms with Crippen LogP contribution in [0.2, 0.25) is 0 Å². The molecule has 2 heteroatoms. The SMILES string of the molecule is CC(c1ccc(F)cc1)C(C)C1CCNCC1. The third-order valence-corrected chi connectivity index (χ3v) is 4.31. The Morgan fingerprint density at radius 1 is 1.12 bits per heavy atom. The molecular formula is C15H22FN. The topological polar surface area (TPSA) is 12.0 Å². The Bertz CT molecular complexity index is 340. The van der Waals surface area contributed by atoms with Crippen LogP contribution in [0.15, 0.2) is 24.3 Å². The summed E-state index contributed by atoms with van der Waals surface area (Å²) in [7, 11) is 0. The molecule has 2 rings (SSSR count). The van der Waals surface area contributed by atoms with Gasteiger partial charge >= 0.3 is 0 Å². The molecule has 0 amide bonds. The van der Waals surface area contributed by atoms with Gasteiger partial charge in [0.05, 0.1) is 0 Å². The van der Waals surface area contributed by atoms with Crippen molar-refractivity contribution in [2.24, 2.45) is 11.8 Å². The van der Waals surface area contributed by atoms with Crippen LogP contribution in [0.1, 0.15) is 38.2 Å². The van der Waals surface area contributed by atoms with E-state index >= 15 is 0 Å². The van der Waals surface area contributed by atoms with Crippen LogP contribution >= 0.6 is 0 Å². The van der Waals surface area contributed by atoms with Crippen molar-refractivity contribution in [3.05, 3.63) is 35.6 Å². The van der Waals surface area contributed by atoms with E-state index in [1.807, 2.05) is 12.1 Å². The van der Waals surface area contributed by atoms with Crippen molar-refractivity contribution in [3.63, 3.8) is 0 Å². The summed E-state index contributed by atoms with van der Waals surface area (Å²) in [4.78, 5) is 0. The highest BCUT2D eigenvalue weighted by Gasteiger charge is 2.25. The summed E-state index contributed by atoms with van der Waals surface area (Å²) in [5, 5.41) is 3.41. The smallest absolute Gasteiger partial charge is 0.123 e. The molecule has 0 saturated carbocycles. The number of hydrogen-bond donors (Lipinski definition) is 1. The Hall–Kier alpha value is -0.890. The average Bonchev–Trinajstić information content (AvgIpc) is 2.39. The minimum atomic E-state index is -0.143. The first kappa shape index (κ1) is 12.6. The Kier molecular flexibility index (Phi) is 4.16. The van der Waals surface area contributed by atoms with Crippen LogP contribution in [-0.2, 0) is 0 Å². The van der Waals surface area contributed by atoms with E-state index in [1.54, 1.807) is 12.1 Å². The first-order valence-electron chi connectivity index (χ1n) is 6.64. The van der Waals surface area contributed by atoms with Crippen molar-refractivity contribution < 1.29 is 4.39 Å². The predicted molar refractivity (Wildman–Crippen MR) is 69.6 cm³/mol. The second-order valence-corrected chi connectivity index (χ2v) is 5.29. The standard InChI is InChI=1S/C15H22FN/c1-11(13-3-5-15(16)6-4-13)12(2)14-7-9-17-10-8-14/h3-6,11-12,14,17H,7-10H2,1-2H3. The van der Waals surface area contributed by atoms with E-state index in [9.17, 15) is 4.39 Å². The molecule has 2 atom stereocenters. The van der Waals surface area contributed by atoms with Crippen LogP contribution in [0.5, 0.6) is 0 Å². The van der Waals surface area contributed by atoms with Crippen LogP contribution in [0.3, 0.4) is 0 Å². The third-order valence-electron chi connectivity index (χ3n) is 4.31. The van der Waals surface area contributed by atoms with Gasteiger partial charge in [-0.2, -0.15) is 0 Å². The van der Waals surface area contributed by atoms with Crippen molar-refractivity contribution in [3.8, 4) is 0 Å².